The fourth-order valence-electron chi connectivity index (χ4n) is 1.09. The van der Waals surface area contributed by atoms with Crippen molar-refractivity contribution >= 4 is 46.0 Å². The van der Waals surface area contributed by atoms with E-state index in [4.69, 9.17) is 6.13 Å². The molecule has 0 aromatic carbocycles. The maximum absolute atomic E-state index is 5.35. The molecule has 0 bridgehead atoms. The summed E-state index contributed by atoms with van der Waals surface area (Å²) in [7, 11) is 0. The van der Waals surface area contributed by atoms with E-state index >= 15 is 0 Å². The average Bonchev–Trinajstić information content (AvgIpc) is 2.04. The van der Waals surface area contributed by atoms with E-state index in [0.717, 1.165) is 12.8 Å². The fourth-order valence-corrected chi connectivity index (χ4v) is 2.32. The first-order valence-electron chi connectivity index (χ1n) is 4.20. The summed E-state index contributed by atoms with van der Waals surface area (Å²) in [5.74, 6) is 0.658. The Morgan fingerprint density at radius 3 is 1.83 bits per heavy atom. The highest BCUT2D eigenvalue weighted by Gasteiger charge is 2.21. The monoisotopic (exact) mass is 398 g/mol. The van der Waals surface area contributed by atoms with Crippen LogP contribution in [0, 0.1) is 5.92 Å². The molecule has 12 heavy (non-hydrogen) atoms. The largest absolute Gasteiger partial charge is 0.310 e. The summed E-state index contributed by atoms with van der Waals surface area (Å²) in [4.78, 5) is 0. The molecule has 2 unspecified atom stereocenters. The van der Waals surface area contributed by atoms with Gasteiger partial charge >= 0.3 is 0 Å². The van der Waals surface area contributed by atoms with Gasteiger partial charge in [0, 0.05) is 0 Å². The third-order valence-corrected chi connectivity index (χ3v) is 3.06. The number of rotatable bonds is 6. The van der Waals surface area contributed by atoms with Gasteiger partial charge in [0.2, 0.25) is 0 Å². The van der Waals surface area contributed by atoms with Crippen molar-refractivity contribution in [2.75, 3.05) is 0 Å². The van der Waals surface area contributed by atoms with Gasteiger partial charge in [-0.1, -0.05) is 20.8 Å². The van der Waals surface area contributed by atoms with Gasteiger partial charge in [-0.2, -0.15) is 0 Å². The lowest BCUT2D eigenvalue weighted by Crippen LogP contribution is -2.27. The van der Waals surface area contributed by atoms with Gasteiger partial charge in [-0.3, -0.25) is 0 Å². The van der Waals surface area contributed by atoms with Gasteiger partial charge in [-0.25, -0.2) is 0 Å². The fraction of sp³-hybridized carbons (Fsp3) is 1.00. The molecule has 0 aliphatic heterocycles. The molecule has 0 aliphatic carbocycles. The number of hydrogen-bond donors (Lipinski definition) is 0. The van der Waals surface area contributed by atoms with Gasteiger partial charge in [0.25, 0.3) is 0 Å². The summed E-state index contributed by atoms with van der Waals surface area (Å²) in [5.41, 5.74) is 0. The Kier molecular flexibility index (Phi) is 8.64. The molecule has 0 heterocycles. The van der Waals surface area contributed by atoms with Crippen molar-refractivity contribution in [2.45, 2.75) is 45.8 Å². The summed E-state index contributed by atoms with van der Waals surface area (Å²) in [6.07, 6.45) is 2.52. The van der Waals surface area contributed by atoms with Crippen molar-refractivity contribution < 1.29 is 6.13 Å². The number of hydrogen-bond acceptors (Lipinski definition) is 2. The minimum Gasteiger partial charge on any atom is -0.310 e. The van der Waals surface area contributed by atoms with Crippen LogP contribution in [0.25, 0.3) is 0 Å². The molecule has 0 amide bonds. The molecule has 0 radical (unpaired) electrons. The minimum absolute atomic E-state index is 0.227. The minimum atomic E-state index is 0.227. The lowest BCUT2D eigenvalue weighted by molar-refractivity contribution is 0.0992. The van der Waals surface area contributed by atoms with E-state index in [0.29, 0.717) is 5.92 Å². The second-order valence-electron chi connectivity index (χ2n) is 3.29. The van der Waals surface area contributed by atoms with Crippen molar-refractivity contribution in [1.82, 2.24) is 0 Å². The summed E-state index contributed by atoms with van der Waals surface area (Å²) in [6.45, 7) is 6.51. The summed E-state index contributed by atoms with van der Waals surface area (Å²) < 4.78 is 10.6. The highest BCUT2D eigenvalue weighted by Crippen LogP contribution is 2.20. The Hall–Kier alpha value is 1.38. The normalized spacial score (nSPS) is 16.5. The molecular formula is C8H16I2O2. The lowest BCUT2D eigenvalue weighted by atomic mass is 10.0. The smallest absolute Gasteiger partial charge is 0.110 e. The third-order valence-electron chi connectivity index (χ3n) is 1.75. The van der Waals surface area contributed by atoms with Crippen LogP contribution in [0.15, 0.2) is 0 Å². The van der Waals surface area contributed by atoms with Crippen molar-refractivity contribution in [2.24, 2.45) is 5.92 Å². The van der Waals surface area contributed by atoms with Crippen LogP contribution in [0.4, 0.5) is 0 Å². The molecule has 0 spiro atoms. The molecule has 0 rings (SSSR count). The van der Waals surface area contributed by atoms with Gasteiger partial charge in [0.05, 0.1) is 12.2 Å². The summed E-state index contributed by atoms with van der Waals surface area (Å²) >= 11 is 3.91. The SMILES string of the molecule is CCC(OI)C(CC(C)C)OI. The van der Waals surface area contributed by atoms with Crippen LogP contribution in [0.2, 0.25) is 0 Å². The molecule has 2 nitrogen and oxygen atoms in total. The maximum atomic E-state index is 5.35. The first kappa shape index (κ1) is 13.4. The Balaban J connectivity index is 3.92. The van der Waals surface area contributed by atoms with Crippen LogP contribution in [-0.2, 0) is 6.13 Å². The first-order valence-corrected chi connectivity index (χ1v) is 5.96. The van der Waals surface area contributed by atoms with E-state index < -0.39 is 0 Å². The van der Waals surface area contributed by atoms with E-state index in [9.17, 15) is 0 Å². The second kappa shape index (κ2) is 7.75. The van der Waals surface area contributed by atoms with Gasteiger partial charge < -0.3 is 6.13 Å². The van der Waals surface area contributed by atoms with Crippen LogP contribution < -0.4 is 0 Å². The van der Waals surface area contributed by atoms with Crippen molar-refractivity contribution in [3.8, 4) is 0 Å². The van der Waals surface area contributed by atoms with E-state index in [1.807, 2.05) is 46.0 Å². The molecule has 0 aromatic heterocycles. The molecule has 0 saturated carbocycles. The molecule has 4 heteroatoms. The van der Waals surface area contributed by atoms with E-state index in [1.165, 1.54) is 0 Å². The predicted octanol–water partition coefficient (Wildman–Crippen LogP) is 3.91. The molecule has 0 N–H and O–H groups in total. The zero-order valence-electron chi connectivity index (χ0n) is 7.72. The molecule has 0 fully saturated rings. The van der Waals surface area contributed by atoms with E-state index in [-0.39, 0.29) is 12.2 Å². The van der Waals surface area contributed by atoms with Crippen LogP contribution in [0.3, 0.4) is 0 Å². The van der Waals surface area contributed by atoms with E-state index in [1.54, 1.807) is 0 Å². The van der Waals surface area contributed by atoms with Crippen LogP contribution >= 0.6 is 46.0 Å². The van der Waals surface area contributed by atoms with Crippen molar-refractivity contribution in [3.05, 3.63) is 0 Å². The lowest BCUT2D eigenvalue weighted by Gasteiger charge is -2.22. The summed E-state index contributed by atoms with van der Waals surface area (Å²) in [6, 6.07) is 0. The topological polar surface area (TPSA) is 18.5 Å². The quantitative estimate of drug-likeness (QED) is 0.632. The predicted molar refractivity (Wildman–Crippen MR) is 67.5 cm³/mol. The zero-order valence-corrected chi connectivity index (χ0v) is 12.0. The summed E-state index contributed by atoms with van der Waals surface area (Å²) in [5, 5.41) is 0. The highest BCUT2D eigenvalue weighted by atomic mass is 127. The van der Waals surface area contributed by atoms with Crippen molar-refractivity contribution in [1.29, 1.82) is 0 Å². The number of halogens is 2. The van der Waals surface area contributed by atoms with Crippen molar-refractivity contribution in [3.63, 3.8) is 0 Å². The average molecular weight is 398 g/mol. The second-order valence-corrected chi connectivity index (χ2v) is 4.31. The van der Waals surface area contributed by atoms with Crippen LogP contribution in [0.5, 0.6) is 0 Å². The Labute approximate surface area is 103 Å². The Morgan fingerprint density at radius 2 is 1.58 bits per heavy atom. The molecule has 74 valence electrons. The molecule has 0 saturated heterocycles. The standard InChI is InChI=1S/C8H16I2O2/c1-4-7(11-9)8(12-10)5-6(2)3/h6-8H,4-5H2,1-3H3. The first-order chi connectivity index (χ1) is 5.65. The molecule has 0 aliphatic rings. The van der Waals surface area contributed by atoms with Crippen LogP contribution in [0.1, 0.15) is 33.6 Å². The van der Waals surface area contributed by atoms with Crippen LogP contribution in [-0.4, -0.2) is 12.2 Å². The van der Waals surface area contributed by atoms with E-state index in [2.05, 4.69) is 20.8 Å². The highest BCUT2D eigenvalue weighted by molar-refractivity contribution is 14.1. The van der Waals surface area contributed by atoms with Gasteiger partial charge in [0.1, 0.15) is 46.0 Å². The Morgan fingerprint density at radius 1 is 1.08 bits per heavy atom. The van der Waals surface area contributed by atoms with Gasteiger partial charge in [-0.15, -0.1) is 0 Å². The van der Waals surface area contributed by atoms with Gasteiger partial charge in [-0.05, 0) is 18.8 Å². The third kappa shape index (κ3) is 5.18. The Bertz CT molecular complexity index is 105. The molecule has 0 aromatic rings. The van der Waals surface area contributed by atoms with Gasteiger partial charge in [0.15, 0.2) is 0 Å². The maximum Gasteiger partial charge on any atom is 0.110 e. The molecule has 2 atom stereocenters. The molecular weight excluding hydrogens is 382 g/mol. The zero-order chi connectivity index (χ0) is 9.56.